The summed E-state index contributed by atoms with van der Waals surface area (Å²) in [7, 11) is 0. The Balaban J connectivity index is 0.00000225. The van der Waals surface area contributed by atoms with Crippen LogP contribution in [0.4, 0.5) is 4.39 Å². The molecule has 28 heavy (non-hydrogen) atoms. The zero-order valence-electron chi connectivity index (χ0n) is 15.7. The minimum absolute atomic E-state index is 0. The van der Waals surface area contributed by atoms with Crippen LogP contribution in [0.3, 0.4) is 0 Å². The van der Waals surface area contributed by atoms with Crippen LogP contribution in [0.5, 0.6) is 5.75 Å². The summed E-state index contributed by atoms with van der Waals surface area (Å²) in [4.78, 5) is 27.4. The summed E-state index contributed by atoms with van der Waals surface area (Å²) in [5.74, 6) is 0.327. The van der Waals surface area contributed by atoms with Gasteiger partial charge in [0, 0.05) is 24.9 Å². The van der Waals surface area contributed by atoms with Crippen LogP contribution in [0.2, 0.25) is 0 Å². The van der Waals surface area contributed by atoms with E-state index in [0.717, 1.165) is 32.4 Å². The van der Waals surface area contributed by atoms with Crippen LogP contribution in [-0.2, 0) is 9.59 Å². The van der Waals surface area contributed by atoms with E-state index >= 15 is 0 Å². The van der Waals surface area contributed by atoms with E-state index < -0.39 is 11.9 Å². The van der Waals surface area contributed by atoms with E-state index in [1.807, 2.05) is 4.90 Å². The molecule has 3 saturated heterocycles. The van der Waals surface area contributed by atoms with Gasteiger partial charge in [0.25, 0.3) is 0 Å². The number of carbonyl (C=O) groups is 2. The highest BCUT2D eigenvalue weighted by Gasteiger charge is 2.50. The van der Waals surface area contributed by atoms with Crippen LogP contribution in [-0.4, -0.2) is 55.0 Å². The van der Waals surface area contributed by atoms with E-state index in [1.54, 1.807) is 18.2 Å². The highest BCUT2D eigenvalue weighted by atomic mass is 35.5. The van der Waals surface area contributed by atoms with E-state index in [0.29, 0.717) is 12.3 Å². The molecule has 0 aliphatic carbocycles. The van der Waals surface area contributed by atoms with Crippen molar-refractivity contribution in [3.63, 3.8) is 0 Å². The second-order valence-corrected chi connectivity index (χ2v) is 7.69. The van der Waals surface area contributed by atoms with Crippen molar-refractivity contribution >= 4 is 24.2 Å². The molecule has 0 aromatic heterocycles. The van der Waals surface area contributed by atoms with Gasteiger partial charge in [0.05, 0.1) is 6.54 Å². The second kappa shape index (κ2) is 9.09. The van der Waals surface area contributed by atoms with E-state index in [1.165, 1.54) is 6.07 Å². The smallest absolute Gasteiger partial charge is 0.243 e. The topological polar surface area (TPSA) is 70.7 Å². The van der Waals surface area contributed by atoms with Crippen LogP contribution in [0.25, 0.3) is 0 Å². The van der Waals surface area contributed by atoms with Crippen LogP contribution in [0.15, 0.2) is 24.3 Å². The Bertz CT molecular complexity index is 720. The van der Waals surface area contributed by atoms with Gasteiger partial charge in [-0.05, 0) is 43.9 Å². The number of piperidine rings is 3. The second-order valence-electron chi connectivity index (χ2n) is 7.69. The number of nitrogens with one attached hydrogen (secondary N) is 2. The minimum Gasteiger partial charge on any atom is -0.489 e. The molecule has 1 aromatic carbocycles. The minimum atomic E-state index is -0.419. The normalized spacial score (nSPS) is 28.8. The zero-order chi connectivity index (χ0) is 18.8. The maximum Gasteiger partial charge on any atom is 0.243 e. The number of benzene rings is 1. The first-order chi connectivity index (χ1) is 13.1. The van der Waals surface area contributed by atoms with E-state index in [9.17, 15) is 14.0 Å². The average Bonchev–Trinajstić information content (AvgIpc) is 2.68. The monoisotopic (exact) mass is 411 g/mol. The molecule has 0 saturated carbocycles. The molecule has 0 spiro atoms. The summed E-state index contributed by atoms with van der Waals surface area (Å²) in [5.41, 5.74) is 0. The molecule has 4 rings (SSSR count). The molecule has 3 aliphatic heterocycles. The molecule has 0 radical (unpaired) electrons. The van der Waals surface area contributed by atoms with Crippen LogP contribution >= 0.6 is 12.4 Å². The number of halogens is 2. The molecule has 2 N–H and O–H groups in total. The SMILES string of the molecule is Cl.O=C(NCCOc1ccccc1F)[C@H]1[C@@H]2CNC[C@@H](C2)[C@@H]2CCCC(=O)N21. The number of carbonyl (C=O) groups excluding carboxylic acids is 2. The summed E-state index contributed by atoms with van der Waals surface area (Å²) in [6.07, 6.45) is 3.41. The fraction of sp³-hybridized carbons (Fsp3) is 0.600. The van der Waals surface area contributed by atoms with Crippen molar-refractivity contribution in [3.05, 3.63) is 30.1 Å². The van der Waals surface area contributed by atoms with Crippen LogP contribution in [0, 0.1) is 17.7 Å². The molecule has 154 valence electrons. The third-order valence-electron chi connectivity index (χ3n) is 6.01. The predicted octanol–water partition coefficient (Wildman–Crippen LogP) is 1.73. The number of nitrogens with zero attached hydrogens (tertiary/aromatic N) is 1. The lowest BCUT2D eigenvalue weighted by molar-refractivity contribution is -0.157. The van der Waals surface area contributed by atoms with Crippen molar-refractivity contribution < 1.29 is 18.7 Å². The lowest BCUT2D eigenvalue weighted by atomic mass is 9.72. The first kappa shape index (κ1) is 20.9. The van der Waals surface area contributed by atoms with E-state index in [4.69, 9.17) is 4.74 Å². The quantitative estimate of drug-likeness (QED) is 0.724. The third-order valence-corrected chi connectivity index (χ3v) is 6.01. The number of hydrogen-bond donors (Lipinski definition) is 2. The fourth-order valence-corrected chi connectivity index (χ4v) is 4.85. The first-order valence-corrected chi connectivity index (χ1v) is 9.82. The maximum atomic E-state index is 13.6. The van der Waals surface area contributed by atoms with Gasteiger partial charge in [-0.2, -0.15) is 0 Å². The van der Waals surface area contributed by atoms with E-state index in [2.05, 4.69) is 10.6 Å². The van der Waals surface area contributed by atoms with Crippen molar-refractivity contribution in [2.24, 2.45) is 11.8 Å². The van der Waals surface area contributed by atoms with Crippen LogP contribution in [0.1, 0.15) is 25.7 Å². The molecule has 6 nitrogen and oxygen atoms in total. The highest BCUT2D eigenvalue weighted by Crippen LogP contribution is 2.39. The van der Waals surface area contributed by atoms with Gasteiger partial charge in [-0.3, -0.25) is 9.59 Å². The van der Waals surface area contributed by atoms with Gasteiger partial charge >= 0.3 is 0 Å². The fourth-order valence-electron chi connectivity index (χ4n) is 4.85. The molecule has 1 aromatic rings. The molecule has 3 heterocycles. The molecule has 0 unspecified atom stereocenters. The Labute approximate surface area is 170 Å². The summed E-state index contributed by atoms with van der Waals surface area (Å²) in [6, 6.07) is 5.95. The van der Waals surface area contributed by atoms with Gasteiger partial charge < -0.3 is 20.3 Å². The number of hydrogen-bond acceptors (Lipinski definition) is 4. The number of amides is 2. The van der Waals surface area contributed by atoms with Gasteiger partial charge in [0.1, 0.15) is 12.6 Å². The van der Waals surface area contributed by atoms with E-state index in [-0.39, 0.29) is 55.1 Å². The van der Waals surface area contributed by atoms with Crippen molar-refractivity contribution in [2.75, 3.05) is 26.2 Å². The summed E-state index contributed by atoms with van der Waals surface area (Å²) < 4.78 is 19.0. The van der Waals surface area contributed by atoms with Crippen molar-refractivity contribution in [1.82, 2.24) is 15.5 Å². The Morgan fingerprint density at radius 1 is 1.29 bits per heavy atom. The summed E-state index contributed by atoms with van der Waals surface area (Å²) >= 11 is 0. The lowest BCUT2D eigenvalue weighted by Gasteiger charge is -2.53. The molecule has 8 heteroatoms. The van der Waals surface area contributed by atoms with Gasteiger partial charge in [0.2, 0.25) is 11.8 Å². The van der Waals surface area contributed by atoms with Gasteiger partial charge in [-0.1, -0.05) is 12.1 Å². The summed E-state index contributed by atoms with van der Waals surface area (Å²) in [6.45, 7) is 2.15. The van der Waals surface area contributed by atoms with Crippen molar-refractivity contribution in [3.8, 4) is 5.75 Å². The molecule has 2 bridgehead atoms. The van der Waals surface area contributed by atoms with Gasteiger partial charge in [-0.25, -0.2) is 4.39 Å². The third kappa shape index (κ3) is 4.10. The molecule has 2 amide bonds. The molecular weight excluding hydrogens is 385 g/mol. The van der Waals surface area contributed by atoms with Gasteiger partial charge in [-0.15, -0.1) is 12.4 Å². The number of fused-ring (bicyclic) bond motifs is 4. The molecule has 3 fully saturated rings. The van der Waals surface area contributed by atoms with Crippen molar-refractivity contribution in [2.45, 2.75) is 37.8 Å². The standard InChI is InChI=1S/C20H26FN3O3.ClH/c21-15-4-1-2-6-17(15)27-9-8-23-20(26)19-14-10-13(11-22-12-14)16-5-3-7-18(25)24(16)19;/h1-2,4,6,13-14,16,19,22H,3,5,7-12H2,(H,23,26);1H/t13-,14+,16+,19-;/m1./s1. The Hall–Kier alpha value is -1.86. The molecular formula is C20H27ClFN3O3. The van der Waals surface area contributed by atoms with Gasteiger partial charge in [0.15, 0.2) is 11.6 Å². The summed E-state index contributed by atoms with van der Waals surface area (Å²) in [5, 5.41) is 6.32. The lowest BCUT2D eigenvalue weighted by Crippen LogP contribution is -2.68. The molecule has 3 aliphatic rings. The predicted molar refractivity (Wildman–Crippen MR) is 105 cm³/mol. The average molecular weight is 412 g/mol. The Morgan fingerprint density at radius 2 is 2.07 bits per heavy atom. The van der Waals surface area contributed by atoms with Crippen LogP contribution < -0.4 is 15.4 Å². The zero-order valence-corrected chi connectivity index (χ0v) is 16.6. The Morgan fingerprint density at radius 3 is 2.89 bits per heavy atom. The first-order valence-electron chi connectivity index (χ1n) is 9.82. The maximum absolute atomic E-state index is 13.6. The molecule has 4 atom stereocenters. The number of rotatable bonds is 5. The highest BCUT2D eigenvalue weighted by molar-refractivity contribution is 5.89. The number of para-hydroxylation sites is 1. The number of ether oxygens (including phenoxy) is 1. The largest absolute Gasteiger partial charge is 0.489 e. The van der Waals surface area contributed by atoms with Crippen molar-refractivity contribution in [1.29, 1.82) is 0 Å². The Kier molecular flexibility index (Phi) is 6.78.